The third-order valence-corrected chi connectivity index (χ3v) is 4.79. The molecule has 0 spiro atoms. The van der Waals surface area contributed by atoms with Crippen molar-refractivity contribution >= 4 is 34.8 Å². The van der Waals surface area contributed by atoms with Gasteiger partial charge >= 0.3 is 0 Å². The van der Waals surface area contributed by atoms with Gasteiger partial charge in [0.1, 0.15) is 6.04 Å². The average molecular weight is 365 g/mol. The first-order valence-electron chi connectivity index (χ1n) is 7.78. The molecule has 0 radical (unpaired) electrons. The molecule has 2 amide bonds. The van der Waals surface area contributed by atoms with Gasteiger partial charge in [0.25, 0.3) is 5.91 Å². The second-order valence-corrected chi connectivity index (χ2v) is 7.34. The zero-order chi connectivity index (χ0) is 17.7. The van der Waals surface area contributed by atoms with Gasteiger partial charge in [0, 0.05) is 5.02 Å². The summed E-state index contributed by atoms with van der Waals surface area (Å²) >= 11 is 7.35. The summed E-state index contributed by atoms with van der Waals surface area (Å²) in [5.74, 6) is -0.461. The van der Waals surface area contributed by atoms with Crippen LogP contribution in [0.3, 0.4) is 0 Å². The lowest BCUT2D eigenvalue weighted by molar-refractivity contribution is -0.124. The van der Waals surface area contributed by atoms with Crippen molar-refractivity contribution in [2.75, 3.05) is 0 Å². The maximum Gasteiger partial charge on any atom is 0.262 e. The van der Waals surface area contributed by atoms with E-state index in [-0.39, 0.29) is 23.8 Å². The largest absolute Gasteiger partial charge is 0.348 e. The maximum atomic E-state index is 12.6. The first kappa shape index (κ1) is 18.5. The number of hydrogen-bond donors (Lipinski definition) is 2. The second kappa shape index (κ2) is 8.31. The molecule has 2 aromatic rings. The summed E-state index contributed by atoms with van der Waals surface area (Å²) < 4.78 is 0. The summed E-state index contributed by atoms with van der Waals surface area (Å²) in [7, 11) is 0. The van der Waals surface area contributed by atoms with Crippen LogP contribution in [0.2, 0.25) is 5.02 Å². The molecule has 0 aliphatic heterocycles. The lowest BCUT2D eigenvalue weighted by Gasteiger charge is -2.24. The Labute approximate surface area is 151 Å². The molecule has 2 N–H and O–H groups in total. The Hall–Kier alpha value is -1.85. The van der Waals surface area contributed by atoms with Gasteiger partial charge in [-0.05, 0) is 42.0 Å². The molecule has 0 aliphatic rings. The van der Waals surface area contributed by atoms with Gasteiger partial charge in [0.2, 0.25) is 5.91 Å². The molecule has 0 aliphatic carbocycles. The summed E-state index contributed by atoms with van der Waals surface area (Å²) in [5.41, 5.74) is 0.919. The highest BCUT2D eigenvalue weighted by molar-refractivity contribution is 7.12. The highest BCUT2D eigenvalue weighted by atomic mass is 35.5. The molecule has 2 rings (SSSR count). The maximum absolute atomic E-state index is 12.6. The minimum Gasteiger partial charge on any atom is -0.348 e. The lowest BCUT2D eigenvalue weighted by atomic mass is 10.0. The van der Waals surface area contributed by atoms with E-state index in [4.69, 9.17) is 11.6 Å². The number of halogens is 1. The van der Waals surface area contributed by atoms with E-state index in [0.717, 1.165) is 5.56 Å². The van der Waals surface area contributed by atoms with Crippen LogP contribution in [0.1, 0.15) is 42.0 Å². The molecule has 2 atom stereocenters. The Bertz CT molecular complexity index is 701. The number of benzene rings is 1. The van der Waals surface area contributed by atoms with Gasteiger partial charge in [-0.2, -0.15) is 0 Å². The molecule has 24 heavy (non-hydrogen) atoms. The average Bonchev–Trinajstić information content (AvgIpc) is 3.06. The van der Waals surface area contributed by atoms with Crippen LogP contribution in [0.25, 0.3) is 0 Å². The molecule has 6 heteroatoms. The molecule has 4 nitrogen and oxygen atoms in total. The molecule has 2 unspecified atom stereocenters. The smallest absolute Gasteiger partial charge is 0.262 e. The van der Waals surface area contributed by atoms with Crippen molar-refractivity contribution in [3.8, 4) is 0 Å². The number of carbonyl (C=O) groups is 2. The molecule has 1 aromatic heterocycles. The van der Waals surface area contributed by atoms with Crippen LogP contribution in [-0.4, -0.2) is 17.9 Å². The minimum atomic E-state index is -0.596. The molecule has 0 saturated carbocycles. The Morgan fingerprint density at radius 3 is 2.42 bits per heavy atom. The first-order chi connectivity index (χ1) is 11.4. The molecule has 0 bridgehead atoms. The molecule has 1 aromatic carbocycles. The Morgan fingerprint density at radius 2 is 1.83 bits per heavy atom. The summed E-state index contributed by atoms with van der Waals surface area (Å²) in [6, 6.07) is 10.1. The van der Waals surface area contributed by atoms with Crippen molar-refractivity contribution in [1.82, 2.24) is 10.6 Å². The predicted octanol–water partition coefficient (Wildman–Crippen LogP) is 4.03. The van der Waals surface area contributed by atoms with Crippen molar-refractivity contribution in [1.29, 1.82) is 0 Å². The van der Waals surface area contributed by atoms with Gasteiger partial charge in [-0.25, -0.2) is 0 Å². The monoisotopic (exact) mass is 364 g/mol. The van der Waals surface area contributed by atoms with E-state index in [1.807, 2.05) is 50.4 Å². The fourth-order valence-corrected chi connectivity index (χ4v) is 3.14. The van der Waals surface area contributed by atoms with E-state index < -0.39 is 6.04 Å². The number of thiophene rings is 1. The Morgan fingerprint density at radius 1 is 1.08 bits per heavy atom. The zero-order valence-electron chi connectivity index (χ0n) is 13.9. The van der Waals surface area contributed by atoms with Crippen molar-refractivity contribution in [2.24, 2.45) is 5.92 Å². The van der Waals surface area contributed by atoms with Crippen molar-refractivity contribution in [3.05, 3.63) is 57.2 Å². The number of nitrogens with one attached hydrogen (secondary N) is 2. The molecule has 0 saturated heterocycles. The van der Waals surface area contributed by atoms with E-state index >= 15 is 0 Å². The van der Waals surface area contributed by atoms with E-state index in [9.17, 15) is 9.59 Å². The molecule has 128 valence electrons. The van der Waals surface area contributed by atoms with Crippen LogP contribution >= 0.6 is 22.9 Å². The molecular weight excluding hydrogens is 344 g/mol. The predicted molar refractivity (Wildman–Crippen MR) is 98.4 cm³/mol. The zero-order valence-corrected chi connectivity index (χ0v) is 15.4. The highest BCUT2D eigenvalue weighted by Gasteiger charge is 2.26. The number of hydrogen-bond acceptors (Lipinski definition) is 3. The minimum absolute atomic E-state index is 0.0273. The molecule has 1 heterocycles. The summed E-state index contributed by atoms with van der Waals surface area (Å²) in [6.07, 6.45) is 0. The van der Waals surface area contributed by atoms with Gasteiger partial charge in [-0.1, -0.05) is 43.6 Å². The van der Waals surface area contributed by atoms with E-state index in [0.29, 0.717) is 9.90 Å². The Balaban J connectivity index is 2.04. The van der Waals surface area contributed by atoms with Crippen LogP contribution in [0.15, 0.2) is 41.8 Å². The topological polar surface area (TPSA) is 58.2 Å². The third-order valence-electron chi connectivity index (χ3n) is 3.69. The first-order valence-corrected chi connectivity index (χ1v) is 9.04. The lowest BCUT2D eigenvalue weighted by Crippen LogP contribution is -2.50. The summed E-state index contributed by atoms with van der Waals surface area (Å²) in [6.45, 7) is 5.70. The second-order valence-electron chi connectivity index (χ2n) is 5.96. The fourth-order valence-electron chi connectivity index (χ4n) is 2.32. The van der Waals surface area contributed by atoms with Crippen molar-refractivity contribution in [3.63, 3.8) is 0 Å². The third kappa shape index (κ3) is 4.82. The molecule has 0 fully saturated rings. The van der Waals surface area contributed by atoms with Gasteiger partial charge in [-0.15, -0.1) is 11.3 Å². The standard InChI is InChI=1S/C18H21ClN2O2S/c1-11(2)16(21-17(22)15-8-5-9-24-15)18(23)20-12(3)13-6-4-7-14(19)10-13/h4-12,16H,1-3H3,(H,20,23)(H,21,22). The summed E-state index contributed by atoms with van der Waals surface area (Å²) in [5, 5.41) is 8.23. The number of amides is 2. The van der Waals surface area contributed by atoms with Crippen molar-refractivity contribution < 1.29 is 9.59 Å². The summed E-state index contributed by atoms with van der Waals surface area (Å²) in [4.78, 5) is 25.4. The van der Waals surface area contributed by atoms with E-state index in [2.05, 4.69) is 10.6 Å². The van der Waals surface area contributed by atoms with Gasteiger partial charge in [0.05, 0.1) is 10.9 Å². The van der Waals surface area contributed by atoms with Crippen LogP contribution < -0.4 is 10.6 Å². The van der Waals surface area contributed by atoms with Gasteiger partial charge < -0.3 is 10.6 Å². The highest BCUT2D eigenvalue weighted by Crippen LogP contribution is 2.18. The van der Waals surface area contributed by atoms with Crippen LogP contribution in [-0.2, 0) is 4.79 Å². The van der Waals surface area contributed by atoms with E-state index in [1.165, 1.54) is 11.3 Å². The van der Waals surface area contributed by atoms with Gasteiger partial charge in [0.15, 0.2) is 0 Å². The van der Waals surface area contributed by atoms with Crippen LogP contribution in [0.4, 0.5) is 0 Å². The fraction of sp³-hybridized carbons (Fsp3) is 0.333. The molecular formula is C18H21ClN2O2S. The number of rotatable bonds is 6. The van der Waals surface area contributed by atoms with E-state index in [1.54, 1.807) is 12.1 Å². The number of carbonyl (C=O) groups excluding carboxylic acids is 2. The van der Waals surface area contributed by atoms with Crippen LogP contribution in [0, 0.1) is 5.92 Å². The van der Waals surface area contributed by atoms with Crippen molar-refractivity contribution in [2.45, 2.75) is 32.9 Å². The quantitative estimate of drug-likeness (QED) is 0.812. The Kier molecular flexibility index (Phi) is 6.40. The normalized spacial score (nSPS) is 13.4. The van der Waals surface area contributed by atoms with Crippen LogP contribution in [0.5, 0.6) is 0 Å². The van der Waals surface area contributed by atoms with Gasteiger partial charge in [-0.3, -0.25) is 9.59 Å². The SMILES string of the molecule is CC(NC(=O)C(NC(=O)c1cccs1)C(C)C)c1cccc(Cl)c1.